The van der Waals surface area contributed by atoms with Gasteiger partial charge in [-0.3, -0.25) is 4.79 Å². The number of carbonyl (C=O) groups excluding carboxylic acids is 2. The van der Waals surface area contributed by atoms with Crippen LogP contribution in [-0.4, -0.2) is 45.9 Å². The zero-order valence-corrected chi connectivity index (χ0v) is 14.2. The average molecular weight is 337 g/mol. The molecule has 132 valence electrons. The Kier molecular flexibility index (Phi) is 6.43. The highest BCUT2D eigenvalue weighted by Gasteiger charge is 2.24. The van der Waals surface area contributed by atoms with Gasteiger partial charge in [0, 0.05) is 0 Å². The third-order valence-corrected chi connectivity index (χ3v) is 3.88. The van der Waals surface area contributed by atoms with Gasteiger partial charge in [0.15, 0.2) is 11.5 Å². The van der Waals surface area contributed by atoms with Crippen molar-refractivity contribution in [2.45, 2.75) is 31.7 Å². The number of benzene rings is 1. The zero-order valence-electron chi connectivity index (χ0n) is 14.2. The summed E-state index contributed by atoms with van der Waals surface area (Å²) in [7, 11) is 4.50. The van der Waals surface area contributed by atoms with Crippen molar-refractivity contribution in [1.82, 2.24) is 5.32 Å². The number of rotatable bonds is 6. The minimum Gasteiger partial charge on any atom is -0.493 e. The first-order valence-corrected chi connectivity index (χ1v) is 7.85. The molecule has 0 bridgehead atoms. The average Bonchev–Trinajstić information content (AvgIpc) is 2.61. The van der Waals surface area contributed by atoms with Crippen LogP contribution in [0.1, 0.15) is 24.8 Å². The summed E-state index contributed by atoms with van der Waals surface area (Å²) in [5, 5.41) is 3.06. The van der Waals surface area contributed by atoms with Crippen LogP contribution in [0, 0.1) is 0 Å². The Morgan fingerprint density at radius 3 is 2.25 bits per heavy atom. The summed E-state index contributed by atoms with van der Waals surface area (Å²) in [6, 6.07) is 2.92. The van der Waals surface area contributed by atoms with Crippen LogP contribution in [0.2, 0.25) is 0 Å². The molecule has 0 amide bonds. The van der Waals surface area contributed by atoms with E-state index in [9.17, 15) is 9.59 Å². The molecule has 7 heteroatoms. The van der Waals surface area contributed by atoms with Crippen molar-refractivity contribution >= 4 is 11.9 Å². The van der Waals surface area contributed by atoms with E-state index in [1.54, 1.807) is 12.1 Å². The third-order valence-electron chi connectivity index (χ3n) is 3.88. The SMILES string of the molecule is COc1cc(CC(=O)OC(=O)C2CCCCN2)cc(OC)c1OC. The highest BCUT2D eigenvalue weighted by Crippen LogP contribution is 2.38. The second kappa shape index (κ2) is 8.54. The van der Waals surface area contributed by atoms with Gasteiger partial charge in [-0.15, -0.1) is 0 Å². The van der Waals surface area contributed by atoms with Gasteiger partial charge < -0.3 is 24.3 Å². The Hall–Kier alpha value is -2.28. The Balaban J connectivity index is 2.04. The summed E-state index contributed by atoms with van der Waals surface area (Å²) >= 11 is 0. The minimum absolute atomic E-state index is 0.0603. The second-order valence-electron chi connectivity index (χ2n) is 5.51. The van der Waals surface area contributed by atoms with Gasteiger partial charge in [-0.2, -0.15) is 0 Å². The van der Waals surface area contributed by atoms with Crippen LogP contribution < -0.4 is 19.5 Å². The summed E-state index contributed by atoms with van der Waals surface area (Å²) in [6.07, 6.45) is 2.61. The lowest BCUT2D eigenvalue weighted by Crippen LogP contribution is -2.42. The van der Waals surface area contributed by atoms with Crippen LogP contribution in [0.25, 0.3) is 0 Å². The molecule has 1 aliphatic rings. The van der Waals surface area contributed by atoms with E-state index < -0.39 is 18.0 Å². The van der Waals surface area contributed by atoms with Gasteiger partial charge in [0.2, 0.25) is 5.75 Å². The maximum atomic E-state index is 12.0. The van der Waals surface area contributed by atoms with Gasteiger partial charge in [0.25, 0.3) is 0 Å². The van der Waals surface area contributed by atoms with Crippen molar-refractivity contribution in [2.24, 2.45) is 0 Å². The van der Waals surface area contributed by atoms with E-state index in [4.69, 9.17) is 18.9 Å². The van der Waals surface area contributed by atoms with Gasteiger partial charge in [-0.1, -0.05) is 6.42 Å². The van der Waals surface area contributed by atoms with Crippen LogP contribution in [0.15, 0.2) is 12.1 Å². The van der Waals surface area contributed by atoms with Crippen LogP contribution in [0.3, 0.4) is 0 Å². The number of methoxy groups -OCH3 is 3. The van der Waals surface area contributed by atoms with Crippen molar-refractivity contribution in [1.29, 1.82) is 0 Å². The molecule has 1 aliphatic heterocycles. The zero-order chi connectivity index (χ0) is 17.5. The summed E-state index contributed by atoms with van der Waals surface area (Å²) in [5.74, 6) is 0.202. The van der Waals surface area contributed by atoms with Crippen molar-refractivity contribution in [2.75, 3.05) is 27.9 Å². The highest BCUT2D eigenvalue weighted by atomic mass is 16.6. The van der Waals surface area contributed by atoms with E-state index in [1.165, 1.54) is 21.3 Å². The first-order chi connectivity index (χ1) is 11.6. The van der Waals surface area contributed by atoms with E-state index in [0.29, 0.717) is 29.2 Å². The summed E-state index contributed by atoms with van der Waals surface area (Å²) in [4.78, 5) is 24.0. The minimum atomic E-state index is -0.610. The first-order valence-electron chi connectivity index (χ1n) is 7.85. The molecule has 24 heavy (non-hydrogen) atoms. The quantitative estimate of drug-likeness (QED) is 0.621. The van der Waals surface area contributed by atoms with Gasteiger partial charge in [-0.25, -0.2) is 4.79 Å². The lowest BCUT2D eigenvalue weighted by molar-refractivity contribution is -0.161. The summed E-state index contributed by atoms with van der Waals surface area (Å²) in [6.45, 7) is 0.765. The number of esters is 2. The fraction of sp³-hybridized carbons (Fsp3) is 0.529. The van der Waals surface area contributed by atoms with Crippen LogP contribution >= 0.6 is 0 Å². The standard InChI is InChI=1S/C17H23NO6/c1-21-13-8-11(9-14(22-2)16(13)23-3)10-15(19)24-17(20)12-6-4-5-7-18-12/h8-9,12,18H,4-7,10H2,1-3H3. The maximum Gasteiger partial charge on any atom is 0.330 e. The van der Waals surface area contributed by atoms with Crippen molar-refractivity contribution in [3.05, 3.63) is 17.7 Å². The normalized spacial score (nSPS) is 17.0. The molecule has 1 saturated heterocycles. The fourth-order valence-electron chi connectivity index (χ4n) is 2.68. The van der Waals surface area contributed by atoms with Crippen molar-refractivity contribution in [3.63, 3.8) is 0 Å². The Morgan fingerprint density at radius 2 is 1.75 bits per heavy atom. The van der Waals surface area contributed by atoms with E-state index in [2.05, 4.69) is 5.32 Å². The molecule has 0 spiro atoms. The van der Waals surface area contributed by atoms with Crippen LogP contribution in [-0.2, 0) is 20.7 Å². The monoisotopic (exact) mass is 337 g/mol. The topological polar surface area (TPSA) is 83.1 Å². The molecular formula is C17H23NO6. The second-order valence-corrected chi connectivity index (χ2v) is 5.51. The molecule has 0 aliphatic carbocycles. The maximum absolute atomic E-state index is 12.0. The molecule has 0 radical (unpaired) electrons. The van der Waals surface area contributed by atoms with Crippen LogP contribution in [0.4, 0.5) is 0 Å². The molecule has 2 rings (SSSR count). The van der Waals surface area contributed by atoms with E-state index in [1.807, 2.05) is 0 Å². The number of nitrogens with one attached hydrogen (secondary N) is 1. The lowest BCUT2D eigenvalue weighted by atomic mass is 10.1. The molecule has 1 fully saturated rings. The molecular weight excluding hydrogens is 314 g/mol. The predicted octanol–water partition coefficient (Wildman–Crippen LogP) is 1.47. The van der Waals surface area contributed by atoms with E-state index >= 15 is 0 Å². The van der Waals surface area contributed by atoms with Crippen LogP contribution in [0.5, 0.6) is 17.2 Å². The Labute approximate surface area is 141 Å². The number of piperidine rings is 1. The summed E-state index contributed by atoms with van der Waals surface area (Å²) in [5.41, 5.74) is 0.610. The van der Waals surface area contributed by atoms with Gasteiger partial charge in [0.05, 0.1) is 27.8 Å². The molecule has 1 aromatic carbocycles. The number of hydrogen-bond donors (Lipinski definition) is 1. The number of hydrogen-bond acceptors (Lipinski definition) is 7. The number of ether oxygens (including phenoxy) is 4. The molecule has 7 nitrogen and oxygen atoms in total. The molecule has 1 N–H and O–H groups in total. The molecule has 1 atom stereocenters. The largest absolute Gasteiger partial charge is 0.493 e. The fourth-order valence-corrected chi connectivity index (χ4v) is 2.68. The molecule has 1 aromatic rings. The van der Waals surface area contributed by atoms with E-state index in [-0.39, 0.29) is 6.42 Å². The first kappa shape index (κ1) is 18.1. The molecule has 1 heterocycles. The smallest absolute Gasteiger partial charge is 0.330 e. The summed E-state index contributed by atoms with van der Waals surface area (Å²) < 4.78 is 20.7. The van der Waals surface area contributed by atoms with Gasteiger partial charge in [-0.05, 0) is 37.1 Å². The third kappa shape index (κ3) is 4.38. The molecule has 1 unspecified atom stereocenters. The molecule has 0 saturated carbocycles. The van der Waals surface area contributed by atoms with Gasteiger partial charge in [0.1, 0.15) is 6.04 Å². The Bertz CT molecular complexity index is 570. The van der Waals surface area contributed by atoms with Crippen molar-refractivity contribution < 1.29 is 28.5 Å². The predicted molar refractivity (Wildman–Crippen MR) is 86.5 cm³/mol. The number of carbonyl (C=O) groups is 2. The van der Waals surface area contributed by atoms with Gasteiger partial charge >= 0.3 is 11.9 Å². The van der Waals surface area contributed by atoms with Crippen molar-refractivity contribution in [3.8, 4) is 17.2 Å². The lowest BCUT2D eigenvalue weighted by Gasteiger charge is -2.21. The van der Waals surface area contributed by atoms with E-state index in [0.717, 1.165) is 19.4 Å². The Morgan fingerprint density at radius 1 is 1.08 bits per heavy atom. The molecule has 0 aromatic heterocycles. The highest BCUT2D eigenvalue weighted by molar-refractivity contribution is 5.89.